The molecule has 0 saturated carbocycles. The lowest BCUT2D eigenvalue weighted by Gasteiger charge is -2.19. The molecule has 5 heteroatoms. The zero-order valence-corrected chi connectivity index (χ0v) is 10.4. The Kier molecular flexibility index (Phi) is 3.16. The molecule has 0 fully saturated rings. The van der Waals surface area contributed by atoms with Crippen LogP contribution in [-0.4, -0.2) is 34.9 Å². The third kappa shape index (κ3) is 2.68. The highest BCUT2D eigenvalue weighted by atomic mass is 16.2. The predicted molar refractivity (Wildman–Crippen MR) is 63.2 cm³/mol. The van der Waals surface area contributed by atoms with Gasteiger partial charge in [-0.3, -0.25) is 4.79 Å². The zero-order valence-electron chi connectivity index (χ0n) is 10.4. The first kappa shape index (κ1) is 12.4. The Morgan fingerprint density at radius 3 is 2.31 bits per heavy atom. The number of carbonyl (C=O) groups excluding carboxylic acids is 1. The number of hydrogen-bond acceptors (Lipinski definition) is 4. The molecule has 1 rings (SSSR count). The number of nitrogens with zero attached hydrogens (tertiary/aromatic N) is 3. The van der Waals surface area contributed by atoms with Crippen LogP contribution in [-0.2, 0) is 5.41 Å². The van der Waals surface area contributed by atoms with Crippen LogP contribution < -0.4 is 5.73 Å². The SMILES string of the molecule is CN(C)C(=O)c1cc(C(C)(C)C)nc(N)n1. The molecule has 0 aromatic carbocycles. The third-order valence-electron chi connectivity index (χ3n) is 2.14. The van der Waals surface area contributed by atoms with Crippen LogP contribution in [0.25, 0.3) is 0 Å². The van der Waals surface area contributed by atoms with Gasteiger partial charge in [0, 0.05) is 19.5 Å². The molecule has 2 N–H and O–H groups in total. The molecule has 1 heterocycles. The lowest BCUT2D eigenvalue weighted by Crippen LogP contribution is -2.25. The summed E-state index contributed by atoms with van der Waals surface area (Å²) in [5.74, 6) is -0.0303. The molecule has 0 aliphatic rings. The van der Waals surface area contributed by atoms with Gasteiger partial charge in [-0.2, -0.15) is 0 Å². The van der Waals surface area contributed by atoms with Crippen LogP contribution in [0.4, 0.5) is 5.95 Å². The quantitative estimate of drug-likeness (QED) is 0.771. The van der Waals surface area contributed by atoms with Crippen molar-refractivity contribution >= 4 is 11.9 Å². The Labute approximate surface area is 95.7 Å². The van der Waals surface area contributed by atoms with Gasteiger partial charge < -0.3 is 10.6 Å². The van der Waals surface area contributed by atoms with Crippen molar-refractivity contribution in [3.8, 4) is 0 Å². The van der Waals surface area contributed by atoms with Crippen LogP contribution in [0.15, 0.2) is 6.07 Å². The molecule has 0 saturated heterocycles. The van der Waals surface area contributed by atoms with E-state index in [2.05, 4.69) is 9.97 Å². The van der Waals surface area contributed by atoms with Gasteiger partial charge in [0.2, 0.25) is 5.95 Å². The highest BCUT2D eigenvalue weighted by Crippen LogP contribution is 2.21. The Hall–Kier alpha value is -1.65. The van der Waals surface area contributed by atoms with Gasteiger partial charge in [-0.1, -0.05) is 20.8 Å². The van der Waals surface area contributed by atoms with Gasteiger partial charge in [-0.05, 0) is 6.07 Å². The van der Waals surface area contributed by atoms with Gasteiger partial charge in [0.25, 0.3) is 5.91 Å². The summed E-state index contributed by atoms with van der Waals surface area (Å²) in [6, 6.07) is 1.69. The average Bonchev–Trinajstić information content (AvgIpc) is 2.14. The lowest BCUT2D eigenvalue weighted by molar-refractivity contribution is 0.0821. The second kappa shape index (κ2) is 4.08. The van der Waals surface area contributed by atoms with E-state index in [0.717, 1.165) is 5.69 Å². The van der Waals surface area contributed by atoms with Crippen LogP contribution >= 0.6 is 0 Å². The molecule has 0 unspecified atom stereocenters. The molecule has 88 valence electrons. The Balaban J connectivity index is 3.24. The highest BCUT2D eigenvalue weighted by Gasteiger charge is 2.20. The van der Waals surface area contributed by atoms with Gasteiger partial charge in [0.05, 0.1) is 5.69 Å². The zero-order chi connectivity index (χ0) is 12.5. The second-order valence-electron chi connectivity index (χ2n) is 4.95. The van der Waals surface area contributed by atoms with Crippen LogP contribution in [0, 0.1) is 0 Å². The molecule has 0 atom stereocenters. The monoisotopic (exact) mass is 222 g/mol. The van der Waals surface area contributed by atoms with E-state index < -0.39 is 0 Å². The fourth-order valence-corrected chi connectivity index (χ4v) is 1.19. The maximum Gasteiger partial charge on any atom is 0.272 e. The molecule has 1 aromatic rings. The number of anilines is 1. The smallest absolute Gasteiger partial charge is 0.272 e. The maximum absolute atomic E-state index is 11.8. The van der Waals surface area contributed by atoms with E-state index >= 15 is 0 Å². The Morgan fingerprint density at radius 2 is 1.88 bits per heavy atom. The fraction of sp³-hybridized carbons (Fsp3) is 0.545. The largest absolute Gasteiger partial charge is 0.368 e. The van der Waals surface area contributed by atoms with E-state index in [4.69, 9.17) is 5.73 Å². The number of nitrogens with two attached hydrogens (primary N) is 1. The summed E-state index contributed by atoms with van der Waals surface area (Å²) in [6.07, 6.45) is 0. The molecule has 16 heavy (non-hydrogen) atoms. The van der Waals surface area contributed by atoms with Crippen molar-refractivity contribution in [3.05, 3.63) is 17.5 Å². The van der Waals surface area contributed by atoms with Crippen molar-refractivity contribution in [1.82, 2.24) is 14.9 Å². The van der Waals surface area contributed by atoms with E-state index in [9.17, 15) is 4.79 Å². The van der Waals surface area contributed by atoms with Gasteiger partial charge >= 0.3 is 0 Å². The van der Waals surface area contributed by atoms with Gasteiger partial charge in [0.15, 0.2) is 0 Å². The number of aromatic nitrogens is 2. The van der Waals surface area contributed by atoms with Crippen molar-refractivity contribution in [2.24, 2.45) is 0 Å². The molecule has 1 amide bonds. The summed E-state index contributed by atoms with van der Waals surface area (Å²) in [5, 5.41) is 0. The van der Waals surface area contributed by atoms with Crippen molar-refractivity contribution in [2.75, 3.05) is 19.8 Å². The first-order chi connectivity index (χ1) is 7.21. The number of rotatable bonds is 1. The molecule has 0 aliphatic carbocycles. The number of nitrogen functional groups attached to an aromatic ring is 1. The lowest BCUT2D eigenvalue weighted by atomic mass is 9.91. The summed E-state index contributed by atoms with van der Waals surface area (Å²) in [7, 11) is 3.36. The fourth-order valence-electron chi connectivity index (χ4n) is 1.19. The second-order valence-corrected chi connectivity index (χ2v) is 4.95. The Morgan fingerprint density at radius 1 is 1.31 bits per heavy atom. The molecule has 0 spiro atoms. The first-order valence-corrected chi connectivity index (χ1v) is 5.08. The normalized spacial score (nSPS) is 11.3. The summed E-state index contributed by atoms with van der Waals surface area (Å²) < 4.78 is 0. The van der Waals surface area contributed by atoms with E-state index in [1.165, 1.54) is 4.90 Å². The first-order valence-electron chi connectivity index (χ1n) is 5.08. The minimum atomic E-state index is -0.167. The van der Waals surface area contributed by atoms with E-state index in [1.54, 1.807) is 20.2 Å². The van der Waals surface area contributed by atoms with Crippen LogP contribution in [0.5, 0.6) is 0 Å². The molecule has 1 aromatic heterocycles. The number of hydrogen-bond donors (Lipinski definition) is 1. The maximum atomic E-state index is 11.8. The topological polar surface area (TPSA) is 72.1 Å². The molecular weight excluding hydrogens is 204 g/mol. The van der Waals surface area contributed by atoms with Gasteiger partial charge in [-0.25, -0.2) is 9.97 Å². The standard InChI is InChI=1S/C11H18N4O/c1-11(2,3)8-6-7(9(16)15(4)5)13-10(12)14-8/h6H,1-5H3,(H2,12,13,14). The van der Waals surface area contributed by atoms with E-state index in [-0.39, 0.29) is 17.3 Å². The minimum Gasteiger partial charge on any atom is -0.368 e. The van der Waals surface area contributed by atoms with E-state index in [0.29, 0.717) is 5.69 Å². The highest BCUT2D eigenvalue weighted by molar-refractivity contribution is 5.92. The number of carbonyl (C=O) groups is 1. The van der Waals surface area contributed by atoms with Crippen molar-refractivity contribution in [2.45, 2.75) is 26.2 Å². The number of amides is 1. The van der Waals surface area contributed by atoms with Crippen LogP contribution in [0.2, 0.25) is 0 Å². The van der Waals surface area contributed by atoms with Crippen molar-refractivity contribution in [1.29, 1.82) is 0 Å². The Bertz CT molecular complexity index is 407. The van der Waals surface area contributed by atoms with E-state index in [1.807, 2.05) is 20.8 Å². The van der Waals surface area contributed by atoms with Crippen molar-refractivity contribution in [3.63, 3.8) is 0 Å². The third-order valence-corrected chi connectivity index (χ3v) is 2.14. The van der Waals surface area contributed by atoms with Gasteiger partial charge in [-0.15, -0.1) is 0 Å². The molecule has 5 nitrogen and oxygen atoms in total. The molecular formula is C11H18N4O. The summed E-state index contributed by atoms with van der Waals surface area (Å²) in [5.41, 5.74) is 6.55. The van der Waals surface area contributed by atoms with Crippen LogP contribution in [0.1, 0.15) is 37.0 Å². The average molecular weight is 222 g/mol. The molecule has 0 aliphatic heterocycles. The van der Waals surface area contributed by atoms with Crippen LogP contribution in [0.3, 0.4) is 0 Å². The molecule has 0 bridgehead atoms. The van der Waals surface area contributed by atoms with Crippen molar-refractivity contribution < 1.29 is 4.79 Å². The molecule has 0 radical (unpaired) electrons. The summed E-state index contributed by atoms with van der Waals surface area (Å²) >= 11 is 0. The minimum absolute atomic E-state index is 0.137. The summed E-state index contributed by atoms with van der Waals surface area (Å²) in [6.45, 7) is 6.04. The predicted octanol–water partition coefficient (Wildman–Crippen LogP) is 1.06. The van der Waals surface area contributed by atoms with Gasteiger partial charge in [0.1, 0.15) is 5.69 Å². The summed E-state index contributed by atoms with van der Waals surface area (Å²) in [4.78, 5) is 21.3.